The fourth-order valence-corrected chi connectivity index (χ4v) is 9.81. The lowest BCUT2D eigenvalue weighted by Crippen LogP contribution is -2.16. The predicted molar refractivity (Wildman–Crippen MR) is 263 cm³/mol. The van der Waals surface area contributed by atoms with Gasteiger partial charge in [-0.2, -0.15) is 0 Å². The summed E-state index contributed by atoms with van der Waals surface area (Å²) < 4.78 is 0. The highest BCUT2D eigenvalue weighted by Gasteiger charge is 2.37. The Balaban J connectivity index is 1.03. The molecule has 0 aliphatic heterocycles. The van der Waals surface area contributed by atoms with Crippen molar-refractivity contribution in [1.82, 2.24) is 0 Å². The summed E-state index contributed by atoms with van der Waals surface area (Å²) in [7, 11) is 0. The van der Waals surface area contributed by atoms with Gasteiger partial charge in [0.25, 0.3) is 0 Å². The minimum atomic E-state index is -0.102. The van der Waals surface area contributed by atoms with Crippen molar-refractivity contribution >= 4 is 27.8 Å². The summed E-state index contributed by atoms with van der Waals surface area (Å²) in [5.41, 5.74) is 20.7. The van der Waals surface area contributed by atoms with E-state index in [1.54, 1.807) is 0 Å². The zero-order valence-corrected chi connectivity index (χ0v) is 35.0. The van der Waals surface area contributed by atoms with E-state index in [2.05, 4.69) is 255 Å². The number of benzene rings is 10. The third-order valence-electron chi connectivity index (χ3n) is 12.8. The molecule has 1 aliphatic carbocycles. The maximum atomic E-state index is 2.41. The number of hydrogen-bond donors (Lipinski definition) is 0. The van der Waals surface area contributed by atoms with Gasteiger partial charge in [0, 0.05) is 22.5 Å². The van der Waals surface area contributed by atoms with E-state index in [4.69, 9.17) is 0 Å². The maximum absolute atomic E-state index is 2.41. The van der Waals surface area contributed by atoms with E-state index in [1.165, 1.54) is 88.7 Å². The van der Waals surface area contributed by atoms with E-state index in [9.17, 15) is 0 Å². The van der Waals surface area contributed by atoms with Gasteiger partial charge < -0.3 is 4.90 Å². The average Bonchev–Trinajstić information content (AvgIpc) is 3.58. The van der Waals surface area contributed by atoms with Gasteiger partial charge in [-0.05, 0) is 137 Å². The Hall–Kier alpha value is -7.74. The third kappa shape index (κ3) is 6.60. The van der Waals surface area contributed by atoms with Crippen LogP contribution in [0.1, 0.15) is 25.0 Å². The Bertz CT molecular complexity index is 3170. The van der Waals surface area contributed by atoms with Gasteiger partial charge in [-0.25, -0.2) is 0 Å². The SMILES string of the molecule is CC1(C)c2ccccc2-c2cccc(-c3ccc(N(c4ccc(-c5cccc(-c6cccc7ccccc67)c5)cc4)c4cc(-c5ccccc5)cc(-c5ccccc5)c4)cc3)c21. The number of anilines is 3. The fourth-order valence-electron chi connectivity index (χ4n) is 9.81. The standard InChI is InChI=1S/C61H45N/c1-61(2)59-29-12-11-25-57(59)58-28-15-27-56(60(58)61)46-32-36-52(37-33-46)62(53-40-49(42-16-5-3-6-17-42)39-50(41-53)43-18-7-4-8-19-43)51-34-30-44(31-35-51)47-22-13-23-48(38-47)55-26-14-21-45-20-9-10-24-54(45)55/h3-41H,1-2H3. The molecular weight excluding hydrogens is 747 g/mol. The lowest BCUT2D eigenvalue weighted by molar-refractivity contribution is 0.662. The maximum Gasteiger partial charge on any atom is 0.0473 e. The smallest absolute Gasteiger partial charge is 0.0473 e. The van der Waals surface area contributed by atoms with Crippen LogP contribution in [0.15, 0.2) is 237 Å². The molecule has 294 valence electrons. The van der Waals surface area contributed by atoms with Gasteiger partial charge in [0.2, 0.25) is 0 Å². The van der Waals surface area contributed by atoms with E-state index >= 15 is 0 Å². The quantitative estimate of drug-likeness (QED) is 0.148. The molecule has 0 N–H and O–H groups in total. The largest absolute Gasteiger partial charge is 0.310 e. The second-order valence-corrected chi connectivity index (χ2v) is 16.9. The van der Waals surface area contributed by atoms with Crippen LogP contribution in [0.25, 0.3) is 77.5 Å². The van der Waals surface area contributed by atoms with E-state index in [0.717, 1.165) is 17.1 Å². The number of hydrogen-bond acceptors (Lipinski definition) is 1. The van der Waals surface area contributed by atoms with E-state index in [1.807, 2.05) is 0 Å². The van der Waals surface area contributed by atoms with Crippen LogP contribution < -0.4 is 4.90 Å². The molecule has 0 aromatic heterocycles. The Labute approximate surface area is 364 Å². The molecule has 1 nitrogen and oxygen atoms in total. The summed E-state index contributed by atoms with van der Waals surface area (Å²) in [4.78, 5) is 2.41. The second kappa shape index (κ2) is 15.4. The van der Waals surface area contributed by atoms with Crippen LogP contribution in [0.3, 0.4) is 0 Å². The van der Waals surface area contributed by atoms with E-state index in [0.29, 0.717) is 0 Å². The van der Waals surface area contributed by atoms with Crippen molar-refractivity contribution in [2.45, 2.75) is 19.3 Å². The molecule has 11 rings (SSSR count). The number of rotatable bonds is 8. The molecule has 0 saturated heterocycles. The Morgan fingerprint density at radius 3 is 1.47 bits per heavy atom. The van der Waals surface area contributed by atoms with Crippen molar-refractivity contribution in [3.05, 3.63) is 248 Å². The molecule has 0 fully saturated rings. The normalized spacial score (nSPS) is 12.5. The highest BCUT2D eigenvalue weighted by atomic mass is 15.1. The van der Waals surface area contributed by atoms with Gasteiger partial charge in [-0.15, -0.1) is 0 Å². The van der Waals surface area contributed by atoms with Crippen molar-refractivity contribution in [2.24, 2.45) is 0 Å². The van der Waals surface area contributed by atoms with Crippen LogP contribution in [0.5, 0.6) is 0 Å². The first-order chi connectivity index (χ1) is 30.5. The molecule has 62 heavy (non-hydrogen) atoms. The summed E-state index contributed by atoms with van der Waals surface area (Å²) in [5, 5.41) is 2.52. The molecule has 0 unspecified atom stereocenters. The van der Waals surface area contributed by atoms with Crippen molar-refractivity contribution < 1.29 is 0 Å². The fraction of sp³-hybridized carbons (Fsp3) is 0.0492. The molecule has 0 heterocycles. The first-order valence-corrected chi connectivity index (χ1v) is 21.6. The molecular formula is C61H45N. The molecule has 0 saturated carbocycles. The highest BCUT2D eigenvalue weighted by molar-refractivity contribution is 5.97. The lowest BCUT2D eigenvalue weighted by Gasteiger charge is -2.28. The summed E-state index contributed by atoms with van der Waals surface area (Å²) in [5.74, 6) is 0. The molecule has 1 aliphatic rings. The van der Waals surface area contributed by atoms with Gasteiger partial charge in [0.1, 0.15) is 0 Å². The van der Waals surface area contributed by atoms with Crippen LogP contribution in [0, 0.1) is 0 Å². The molecule has 1 heteroatoms. The molecule has 0 atom stereocenters. The van der Waals surface area contributed by atoms with Crippen molar-refractivity contribution in [3.63, 3.8) is 0 Å². The number of nitrogens with zero attached hydrogens (tertiary/aromatic N) is 1. The van der Waals surface area contributed by atoms with Crippen LogP contribution in [-0.2, 0) is 5.41 Å². The zero-order chi connectivity index (χ0) is 41.6. The highest BCUT2D eigenvalue weighted by Crippen LogP contribution is 2.52. The summed E-state index contributed by atoms with van der Waals surface area (Å²) in [6.07, 6.45) is 0. The topological polar surface area (TPSA) is 3.24 Å². The van der Waals surface area contributed by atoms with Crippen LogP contribution in [0.4, 0.5) is 17.1 Å². The molecule has 0 bridgehead atoms. The summed E-state index contributed by atoms with van der Waals surface area (Å²) in [6.45, 7) is 4.73. The van der Waals surface area contributed by atoms with Crippen LogP contribution in [0.2, 0.25) is 0 Å². The van der Waals surface area contributed by atoms with Crippen LogP contribution in [-0.4, -0.2) is 0 Å². The van der Waals surface area contributed by atoms with Crippen molar-refractivity contribution in [1.29, 1.82) is 0 Å². The monoisotopic (exact) mass is 791 g/mol. The first-order valence-electron chi connectivity index (χ1n) is 21.6. The van der Waals surface area contributed by atoms with Crippen molar-refractivity contribution in [3.8, 4) is 66.8 Å². The molecule has 10 aromatic rings. The van der Waals surface area contributed by atoms with Crippen LogP contribution >= 0.6 is 0 Å². The van der Waals surface area contributed by atoms with Crippen molar-refractivity contribution in [2.75, 3.05) is 4.90 Å². The Morgan fingerprint density at radius 2 is 0.758 bits per heavy atom. The minimum Gasteiger partial charge on any atom is -0.310 e. The lowest BCUT2D eigenvalue weighted by atomic mass is 9.79. The molecule has 10 aromatic carbocycles. The Morgan fingerprint density at radius 1 is 0.290 bits per heavy atom. The number of fused-ring (bicyclic) bond motifs is 4. The van der Waals surface area contributed by atoms with Gasteiger partial charge in [-0.3, -0.25) is 0 Å². The summed E-state index contributed by atoms with van der Waals surface area (Å²) >= 11 is 0. The van der Waals surface area contributed by atoms with E-state index < -0.39 is 0 Å². The summed E-state index contributed by atoms with van der Waals surface area (Å²) in [6, 6.07) is 86.6. The minimum absolute atomic E-state index is 0.102. The van der Waals surface area contributed by atoms with Gasteiger partial charge in [0.05, 0.1) is 0 Å². The second-order valence-electron chi connectivity index (χ2n) is 16.9. The average molecular weight is 792 g/mol. The first kappa shape index (κ1) is 37.3. The molecule has 0 amide bonds. The molecule has 0 spiro atoms. The van der Waals surface area contributed by atoms with Gasteiger partial charge >= 0.3 is 0 Å². The zero-order valence-electron chi connectivity index (χ0n) is 35.0. The van der Waals surface area contributed by atoms with Gasteiger partial charge in [-0.1, -0.05) is 202 Å². The third-order valence-corrected chi connectivity index (χ3v) is 12.8. The Kier molecular flexibility index (Phi) is 9.24. The van der Waals surface area contributed by atoms with E-state index in [-0.39, 0.29) is 5.41 Å². The predicted octanol–water partition coefficient (Wildman–Crippen LogP) is 17.0. The molecule has 0 radical (unpaired) electrons. The van der Waals surface area contributed by atoms with Gasteiger partial charge in [0.15, 0.2) is 0 Å².